The minimum atomic E-state index is -0.323. The van der Waals surface area contributed by atoms with E-state index in [1.807, 2.05) is 13.2 Å². The summed E-state index contributed by atoms with van der Waals surface area (Å²) in [6.45, 7) is 6.49. The van der Waals surface area contributed by atoms with Gasteiger partial charge in [0.25, 0.3) is 0 Å². The number of halogens is 1. The number of ketones is 1. The molecule has 2 N–H and O–H groups in total. The Morgan fingerprint density at radius 1 is 1.25 bits per heavy atom. The quantitative estimate of drug-likeness (QED) is 0.697. The van der Waals surface area contributed by atoms with Crippen molar-refractivity contribution >= 4 is 34.2 Å². The molecule has 146 valence electrons. The average molecular weight is 399 g/mol. The molecule has 0 amide bonds. The summed E-state index contributed by atoms with van der Waals surface area (Å²) in [4.78, 5) is 25.1. The Labute approximate surface area is 167 Å². The lowest BCUT2D eigenvalue weighted by molar-refractivity contribution is -0.128. The van der Waals surface area contributed by atoms with Crippen molar-refractivity contribution in [2.24, 2.45) is 17.9 Å². The maximum atomic E-state index is 12.8. The van der Waals surface area contributed by atoms with Gasteiger partial charge in [0.2, 0.25) is 0 Å². The van der Waals surface area contributed by atoms with E-state index in [4.69, 9.17) is 11.6 Å². The molecule has 5 rings (SSSR count). The second kappa shape index (κ2) is 5.35. The van der Waals surface area contributed by atoms with Crippen LogP contribution in [0.1, 0.15) is 40.0 Å². The van der Waals surface area contributed by atoms with Crippen molar-refractivity contribution in [3.8, 4) is 11.4 Å². The first-order chi connectivity index (χ1) is 13.2. The third-order valence-electron chi connectivity index (χ3n) is 7.52. The Balaban J connectivity index is 1.63. The van der Waals surface area contributed by atoms with E-state index < -0.39 is 0 Å². The van der Waals surface area contributed by atoms with Crippen molar-refractivity contribution in [3.63, 3.8) is 0 Å². The highest BCUT2D eigenvalue weighted by Crippen LogP contribution is 2.66. The van der Waals surface area contributed by atoms with Gasteiger partial charge < -0.3 is 10.3 Å². The molecular weight excluding hydrogens is 376 g/mol. The van der Waals surface area contributed by atoms with Gasteiger partial charge in [0, 0.05) is 30.5 Å². The second-order valence-corrected chi connectivity index (χ2v) is 9.34. The molecule has 2 aliphatic rings. The van der Waals surface area contributed by atoms with Gasteiger partial charge in [-0.15, -0.1) is 0 Å². The molecule has 8 heteroatoms. The largest absolute Gasteiger partial charge is 0.376 e. The molecule has 3 aromatic heterocycles. The summed E-state index contributed by atoms with van der Waals surface area (Å²) in [5, 5.41) is 8.42. The Morgan fingerprint density at radius 2 is 2.04 bits per heavy atom. The van der Waals surface area contributed by atoms with E-state index in [0.29, 0.717) is 28.7 Å². The molecule has 2 unspecified atom stereocenters. The molecule has 2 fully saturated rings. The Morgan fingerprint density at radius 3 is 2.64 bits per heavy atom. The lowest BCUT2D eigenvalue weighted by atomic mass is 9.68. The highest BCUT2D eigenvalue weighted by Gasteiger charge is 2.69. The molecule has 28 heavy (non-hydrogen) atoms. The molecule has 0 spiro atoms. The first kappa shape index (κ1) is 17.7. The van der Waals surface area contributed by atoms with Gasteiger partial charge in [-0.05, 0) is 12.8 Å². The molecule has 2 saturated carbocycles. The molecule has 2 aliphatic carbocycles. The van der Waals surface area contributed by atoms with Crippen molar-refractivity contribution in [3.05, 3.63) is 23.6 Å². The van der Waals surface area contributed by atoms with E-state index >= 15 is 0 Å². The Kier molecular flexibility index (Phi) is 3.37. The first-order valence-electron chi connectivity index (χ1n) is 9.52. The van der Waals surface area contributed by atoms with Crippen LogP contribution in [0.4, 0.5) is 5.69 Å². The number of carbonyl (C=O) groups is 1. The number of carbonyl (C=O) groups excluding carboxylic acids is 1. The molecule has 2 atom stereocenters. The number of rotatable bonds is 3. The van der Waals surface area contributed by atoms with Gasteiger partial charge in [-0.25, -0.2) is 9.97 Å². The summed E-state index contributed by atoms with van der Waals surface area (Å²) in [7, 11) is 1.86. The van der Waals surface area contributed by atoms with Crippen LogP contribution < -0.4 is 5.32 Å². The van der Waals surface area contributed by atoms with E-state index in [-0.39, 0.29) is 16.4 Å². The first-order valence-corrected chi connectivity index (χ1v) is 9.89. The summed E-state index contributed by atoms with van der Waals surface area (Å²) >= 11 is 6.56. The highest BCUT2D eigenvalue weighted by atomic mass is 35.5. The van der Waals surface area contributed by atoms with Gasteiger partial charge in [0.15, 0.2) is 5.65 Å². The number of aromatic nitrogens is 5. The topological polar surface area (TPSA) is 88.5 Å². The van der Waals surface area contributed by atoms with Crippen LogP contribution in [0, 0.1) is 10.8 Å². The number of fused-ring (bicyclic) bond motifs is 3. The van der Waals surface area contributed by atoms with Crippen molar-refractivity contribution in [1.29, 1.82) is 0 Å². The van der Waals surface area contributed by atoms with Gasteiger partial charge in [0.1, 0.15) is 17.1 Å². The molecule has 0 saturated heterocycles. The number of nitrogens with one attached hydrogen (secondary N) is 2. The number of aromatic amines is 1. The predicted molar refractivity (Wildman–Crippen MR) is 108 cm³/mol. The van der Waals surface area contributed by atoms with E-state index in [9.17, 15) is 4.79 Å². The standard InChI is InChI=1S/C20H23ClN6O/c1-18(2)19(3)5-6-20(18,7-13(19)28)26-14-12(21)9-22-17-15(14)24-16(25-17)11-8-23-27(4)10-11/h8-10H,5-7H2,1-4H3,(H2,22,24,25,26). The molecule has 7 nitrogen and oxygen atoms in total. The summed E-state index contributed by atoms with van der Waals surface area (Å²) < 4.78 is 1.73. The van der Waals surface area contributed by atoms with Gasteiger partial charge >= 0.3 is 0 Å². The summed E-state index contributed by atoms with van der Waals surface area (Å²) in [5.74, 6) is 1.02. The fourth-order valence-electron chi connectivity index (χ4n) is 5.12. The summed E-state index contributed by atoms with van der Waals surface area (Å²) in [5.41, 5.74) is 2.19. The zero-order valence-electron chi connectivity index (χ0n) is 16.4. The van der Waals surface area contributed by atoms with Crippen LogP contribution in [-0.4, -0.2) is 36.1 Å². The number of aryl methyl sites for hydroxylation is 1. The van der Waals surface area contributed by atoms with Crippen molar-refractivity contribution in [2.45, 2.75) is 45.6 Å². The minimum absolute atomic E-state index is 0.178. The zero-order chi connectivity index (χ0) is 19.9. The molecule has 3 aromatic rings. The number of H-pyrrole nitrogens is 1. The summed E-state index contributed by atoms with van der Waals surface area (Å²) in [6.07, 6.45) is 7.61. The number of hydrogen-bond acceptors (Lipinski definition) is 5. The van der Waals surface area contributed by atoms with Crippen molar-refractivity contribution in [1.82, 2.24) is 24.7 Å². The van der Waals surface area contributed by atoms with Crippen LogP contribution in [0.25, 0.3) is 22.6 Å². The Hall–Kier alpha value is -2.41. The SMILES string of the molecule is Cn1cc(-c2nc3ncc(Cl)c(NC45CCC(C)(C(=O)C4)C5(C)C)c3[nH]2)cn1. The van der Waals surface area contributed by atoms with Crippen LogP contribution in [0.5, 0.6) is 0 Å². The van der Waals surface area contributed by atoms with Gasteiger partial charge in [0.05, 0.1) is 34.2 Å². The minimum Gasteiger partial charge on any atom is -0.376 e. The molecule has 0 aromatic carbocycles. The number of pyridine rings is 1. The maximum Gasteiger partial charge on any atom is 0.180 e. The fraction of sp³-hybridized carbons (Fsp3) is 0.500. The Bertz CT molecular complexity index is 1130. The van der Waals surface area contributed by atoms with Gasteiger partial charge in [-0.2, -0.15) is 5.10 Å². The summed E-state index contributed by atoms with van der Waals surface area (Å²) in [6, 6.07) is 0. The van der Waals surface area contributed by atoms with Crippen molar-refractivity contribution < 1.29 is 4.79 Å². The number of Topliss-reactive ketones (excluding diaryl/α,β-unsaturated/α-hetero) is 1. The normalized spacial score (nSPS) is 28.4. The smallest absolute Gasteiger partial charge is 0.180 e. The maximum absolute atomic E-state index is 12.8. The number of nitrogens with zero attached hydrogens (tertiary/aromatic N) is 4. The highest BCUT2D eigenvalue weighted by molar-refractivity contribution is 6.34. The fourth-order valence-corrected chi connectivity index (χ4v) is 5.31. The molecule has 0 aliphatic heterocycles. The third kappa shape index (κ3) is 2.05. The van der Waals surface area contributed by atoms with E-state index in [0.717, 1.165) is 29.6 Å². The monoisotopic (exact) mass is 398 g/mol. The molecular formula is C20H23ClN6O. The molecule has 0 radical (unpaired) electrons. The van der Waals surface area contributed by atoms with Crippen LogP contribution >= 0.6 is 11.6 Å². The zero-order valence-corrected chi connectivity index (χ0v) is 17.2. The number of hydrogen-bond donors (Lipinski definition) is 2. The molecule has 2 bridgehead atoms. The molecule has 3 heterocycles. The van der Waals surface area contributed by atoms with Gasteiger partial charge in [-0.1, -0.05) is 32.4 Å². The predicted octanol–water partition coefficient (Wildman–Crippen LogP) is 3.96. The average Bonchev–Trinajstić information content (AvgIpc) is 3.33. The second-order valence-electron chi connectivity index (χ2n) is 8.93. The van der Waals surface area contributed by atoms with Crippen LogP contribution in [0.15, 0.2) is 18.6 Å². The number of anilines is 1. The van der Waals surface area contributed by atoms with Crippen LogP contribution in [0.3, 0.4) is 0 Å². The van der Waals surface area contributed by atoms with Gasteiger partial charge in [-0.3, -0.25) is 9.48 Å². The lowest BCUT2D eigenvalue weighted by Gasteiger charge is -2.41. The lowest BCUT2D eigenvalue weighted by Crippen LogP contribution is -2.46. The van der Waals surface area contributed by atoms with E-state index in [1.54, 1.807) is 17.1 Å². The van der Waals surface area contributed by atoms with E-state index in [1.165, 1.54) is 0 Å². The van der Waals surface area contributed by atoms with E-state index in [2.05, 4.69) is 46.1 Å². The number of imidazole rings is 1. The van der Waals surface area contributed by atoms with Crippen LogP contribution in [0.2, 0.25) is 5.02 Å². The van der Waals surface area contributed by atoms with Crippen LogP contribution in [-0.2, 0) is 11.8 Å². The third-order valence-corrected chi connectivity index (χ3v) is 7.81. The van der Waals surface area contributed by atoms with Crippen molar-refractivity contribution in [2.75, 3.05) is 5.32 Å².